The molecule has 0 spiro atoms. The zero-order valence-corrected chi connectivity index (χ0v) is 15.3. The molecule has 4 heteroatoms. The summed E-state index contributed by atoms with van der Waals surface area (Å²) in [4.78, 5) is 16.4. The van der Waals surface area contributed by atoms with E-state index in [1.807, 2.05) is 0 Å². The van der Waals surface area contributed by atoms with Crippen LogP contribution >= 0.6 is 0 Å². The standard InChI is InChI=1S/C22H27N3O/c26-22(20-12-7-13-23-20)25-16-14-24(15-17-25)21(18-8-3-1-4-9-18)19-10-5-2-6-11-19/h1-6,8-11,20-21,23H,7,12-17H2/p+2/t20-/m0/s1. The molecule has 4 rings (SSSR count). The van der Waals surface area contributed by atoms with Crippen molar-refractivity contribution in [2.75, 3.05) is 32.7 Å². The van der Waals surface area contributed by atoms with Gasteiger partial charge in [-0.1, -0.05) is 60.7 Å². The average molecular weight is 351 g/mol. The van der Waals surface area contributed by atoms with Crippen molar-refractivity contribution in [1.82, 2.24) is 4.90 Å². The number of amides is 1. The quantitative estimate of drug-likeness (QED) is 0.814. The normalized spacial score (nSPS) is 21.3. The Balaban J connectivity index is 1.49. The summed E-state index contributed by atoms with van der Waals surface area (Å²) < 4.78 is 0. The Labute approximate surface area is 155 Å². The fourth-order valence-corrected chi connectivity index (χ4v) is 4.49. The van der Waals surface area contributed by atoms with E-state index in [9.17, 15) is 4.79 Å². The maximum atomic E-state index is 12.7. The minimum atomic E-state index is 0.176. The molecule has 26 heavy (non-hydrogen) atoms. The van der Waals surface area contributed by atoms with Gasteiger partial charge < -0.3 is 15.1 Å². The molecular weight excluding hydrogens is 322 g/mol. The summed E-state index contributed by atoms with van der Waals surface area (Å²) in [5, 5.41) is 2.22. The summed E-state index contributed by atoms with van der Waals surface area (Å²) in [7, 11) is 0. The van der Waals surface area contributed by atoms with Crippen LogP contribution < -0.4 is 10.2 Å². The molecule has 2 aliphatic rings. The number of rotatable bonds is 4. The van der Waals surface area contributed by atoms with Gasteiger partial charge in [0, 0.05) is 24.0 Å². The number of quaternary nitrogens is 2. The van der Waals surface area contributed by atoms with Gasteiger partial charge in [0.05, 0.1) is 32.7 Å². The Morgan fingerprint density at radius 1 is 0.962 bits per heavy atom. The van der Waals surface area contributed by atoms with Crippen LogP contribution in [-0.2, 0) is 4.79 Å². The third-order valence-electron chi connectivity index (χ3n) is 5.88. The SMILES string of the molecule is O=C([C@@H]1CCC[NH2+]1)N1CC[NH+](C(c2ccccc2)c2ccccc2)CC1. The molecule has 2 aromatic carbocycles. The van der Waals surface area contributed by atoms with E-state index in [1.165, 1.54) is 17.5 Å². The second-order valence-corrected chi connectivity index (χ2v) is 7.51. The van der Waals surface area contributed by atoms with Gasteiger partial charge in [0.1, 0.15) is 6.04 Å². The highest BCUT2D eigenvalue weighted by atomic mass is 16.2. The number of piperazine rings is 1. The van der Waals surface area contributed by atoms with Gasteiger partial charge in [-0.3, -0.25) is 4.79 Å². The van der Waals surface area contributed by atoms with Crippen LogP contribution in [-0.4, -0.2) is 49.6 Å². The van der Waals surface area contributed by atoms with E-state index in [2.05, 4.69) is 70.9 Å². The topological polar surface area (TPSA) is 41.4 Å². The van der Waals surface area contributed by atoms with Gasteiger partial charge in [-0.05, 0) is 0 Å². The first-order valence-corrected chi connectivity index (χ1v) is 9.89. The maximum Gasteiger partial charge on any atom is 0.281 e. The van der Waals surface area contributed by atoms with Gasteiger partial charge in [0.2, 0.25) is 0 Å². The van der Waals surface area contributed by atoms with E-state index < -0.39 is 0 Å². The van der Waals surface area contributed by atoms with E-state index in [4.69, 9.17) is 0 Å². The van der Waals surface area contributed by atoms with Crippen molar-refractivity contribution < 1.29 is 15.0 Å². The lowest BCUT2D eigenvalue weighted by Gasteiger charge is -2.37. The van der Waals surface area contributed by atoms with Crippen LogP contribution in [0.2, 0.25) is 0 Å². The summed E-state index contributed by atoms with van der Waals surface area (Å²) >= 11 is 0. The van der Waals surface area contributed by atoms with Gasteiger partial charge >= 0.3 is 0 Å². The number of nitrogens with two attached hydrogens (primary N) is 1. The molecule has 2 saturated heterocycles. The number of carbonyl (C=O) groups is 1. The van der Waals surface area contributed by atoms with Crippen LogP contribution in [0.4, 0.5) is 0 Å². The lowest BCUT2D eigenvalue weighted by molar-refractivity contribution is -0.929. The third kappa shape index (κ3) is 3.67. The molecule has 0 saturated carbocycles. The molecule has 2 aromatic rings. The Kier molecular flexibility index (Phi) is 5.32. The molecule has 3 N–H and O–H groups in total. The number of hydrogen-bond acceptors (Lipinski definition) is 1. The number of nitrogens with one attached hydrogen (secondary N) is 1. The monoisotopic (exact) mass is 351 g/mol. The summed E-state index contributed by atoms with van der Waals surface area (Å²) in [5.74, 6) is 0.359. The molecule has 0 aliphatic carbocycles. The van der Waals surface area contributed by atoms with Gasteiger partial charge in [-0.25, -0.2) is 0 Å². The van der Waals surface area contributed by atoms with E-state index in [0.717, 1.165) is 39.1 Å². The molecule has 0 radical (unpaired) electrons. The molecule has 4 nitrogen and oxygen atoms in total. The molecule has 1 atom stereocenters. The maximum absolute atomic E-state index is 12.7. The second kappa shape index (κ2) is 8.02. The van der Waals surface area contributed by atoms with Crippen molar-refractivity contribution in [3.05, 3.63) is 71.8 Å². The van der Waals surface area contributed by atoms with E-state index >= 15 is 0 Å². The smallest absolute Gasteiger partial charge is 0.281 e. The fourth-order valence-electron chi connectivity index (χ4n) is 4.49. The predicted molar refractivity (Wildman–Crippen MR) is 102 cm³/mol. The predicted octanol–water partition coefficient (Wildman–Crippen LogP) is 0.229. The molecule has 2 aliphatic heterocycles. The molecule has 2 fully saturated rings. The molecular formula is C22H29N3O+2. The van der Waals surface area contributed by atoms with E-state index in [1.54, 1.807) is 4.90 Å². The van der Waals surface area contributed by atoms with E-state index in [0.29, 0.717) is 11.9 Å². The van der Waals surface area contributed by atoms with Crippen LogP contribution in [0.5, 0.6) is 0 Å². The summed E-state index contributed by atoms with van der Waals surface area (Å²) in [6.45, 7) is 4.86. The highest BCUT2D eigenvalue weighted by Crippen LogP contribution is 2.19. The van der Waals surface area contributed by atoms with Crippen molar-refractivity contribution in [3.8, 4) is 0 Å². The van der Waals surface area contributed by atoms with Crippen LogP contribution in [0.15, 0.2) is 60.7 Å². The number of benzene rings is 2. The van der Waals surface area contributed by atoms with Gasteiger partial charge in [0.15, 0.2) is 6.04 Å². The van der Waals surface area contributed by atoms with Gasteiger partial charge in [-0.15, -0.1) is 0 Å². The highest BCUT2D eigenvalue weighted by Gasteiger charge is 2.35. The minimum Gasteiger partial charge on any atom is -0.336 e. The van der Waals surface area contributed by atoms with Crippen molar-refractivity contribution in [2.24, 2.45) is 0 Å². The Hall–Kier alpha value is -2.17. The van der Waals surface area contributed by atoms with Crippen molar-refractivity contribution in [3.63, 3.8) is 0 Å². The first-order valence-electron chi connectivity index (χ1n) is 9.89. The largest absolute Gasteiger partial charge is 0.336 e. The summed E-state index contributed by atoms with van der Waals surface area (Å²) in [6.07, 6.45) is 2.22. The highest BCUT2D eigenvalue weighted by molar-refractivity contribution is 5.80. The first-order chi connectivity index (χ1) is 12.8. The zero-order chi connectivity index (χ0) is 17.8. The Morgan fingerprint density at radius 3 is 2.04 bits per heavy atom. The van der Waals surface area contributed by atoms with Crippen LogP contribution in [0.3, 0.4) is 0 Å². The number of nitrogens with zero attached hydrogens (tertiary/aromatic N) is 1. The van der Waals surface area contributed by atoms with Crippen molar-refractivity contribution in [2.45, 2.75) is 24.9 Å². The van der Waals surface area contributed by atoms with Gasteiger partial charge in [-0.2, -0.15) is 0 Å². The molecule has 0 unspecified atom stereocenters. The van der Waals surface area contributed by atoms with Crippen molar-refractivity contribution in [1.29, 1.82) is 0 Å². The number of carbonyl (C=O) groups excluding carboxylic acids is 1. The first kappa shape index (κ1) is 17.3. The Morgan fingerprint density at radius 2 is 1.54 bits per heavy atom. The lowest BCUT2D eigenvalue weighted by Crippen LogP contribution is -3.15. The summed E-state index contributed by atoms with van der Waals surface area (Å²) in [6, 6.07) is 22.1. The third-order valence-corrected chi connectivity index (χ3v) is 5.88. The van der Waals surface area contributed by atoms with Crippen LogP contribution in [0.25, 0.3) is 0 Å². The van der Waals surface area contributed by atoms with Crippen LogP contribution in [0, 0.1) is 0 Å². The molecule has 2 heterocycles. The van der Waals surface area contributed by atoms with Crippen molar-refractivity contribution >= 4 is 5.91 Å². The zero-order valence-electron chi connectivity index (χ0n) is 15.3. The van der Waals surface area contributed by atoms with Crippen LogP contribution in [0.1, 0.15) is 30.0 Å². The molecule has 0 bridgehead atoms. The molecule has 136 valence electrons. The fraction of sp³-hybridized carbons (Fsp3) is 0.409. The molecule has 1 amide bonds. The van der Waals surface area contributed by atoms with E-state index in [-0.39, 0.29) is 6.04 Å². The lowest BCUT2D eigenvalue weighted by atomic mass is 9.96. The number of hydrogen-bond donors (Lipinski definition) is 2. The minimum absolute atomic E-state index is 0.176. The second-order valence-electron chi connectivity index (χ2n) is 7.51. The average Bonchev–Trinajstić information content (AvgIpc) is 3.25. The summed E-state index contributed by atoms with van der Waals surface area (Å²) in [5.41, 5.74) is 2.72. The Bertz CT molecular complexity index is 665. The van der Waals surface area contributed by atoms with Gasteiger partial charge in [0.25, 0.3) is 5.91 Å². The molecule has 0 aromatic heterocycles.